The highest BCUT2D eigenvalue weighted by atomic mass is 35.5. The topological polar surface area (TPSA) is 98.7 Å². The molecule has 2 saturated heterocycles. The largest absolute Gasteiger partial charge is 0.468 e. The molecule has 32 heavy (non-hydrogen) atoms. The van der Waals surface area contributed by atoms with Gasteiger partial charge in [0.1, 0.15) is 41.1 Å². The lowest BCUT2D eigenvalue weighted by Crippen LogP contribution is -2.34. The summed E-state index contributed by atoms with van der Waals surface area (Å²) in [7, 11) is 0. The molecule has 2 N–H and O–H groups in total. The van der Waals surface area contributed by atoms with Gasteiger partial charge in [-0.3, -0.25) is 0 Å². The first-order valence-corrected chi connectivity index (χ1v) is 10.6. The van der Waals surface area contributed by atoms with Crippen LogP contribution in [0.4, 0.5) is 8.78 Å². The van der Waals surface area contributed by atoms with Crippen molar-refractivity contribution in [1.29, 1.82) is 0 Å². The fourth-order valence-corrected chi connectivity index (χ4v) is 4.79. The van der Waals surface area contributed by atoms with Crippen molar-refractivity contribution in [3.8, 4) is 11.9 Å². The fraction of sp³-hybridized carbons (Fsp3) is 0.429. The Balaban J connectivity index is 1.23. The van der Waals surface area contributed by atoms with Crippen molar-refractivity contribution in [3.63, 3.8) is 0 Å². The third-order valence-electron chi connectivity index (χ3n) is 6.05. The highest BCUT2D eigenvalue weighted by Crippen LogP contribution is 2.39. The van der Waals surface area contributed by atoms with Crippen LogP contribution in [0.2, 0.25) is 5.02 Å². The first-order chi connectivity index (χ1) is 15.5. The summed E-state index contributed by atoms with van der Waals surface area (Å²) in [5.74, 6) is -1.16. The van der Waals surface area contributed by atoms with Crippen molar-refractivity contribution >= 4 is 22.8 Å². The van der Waals surface area contributed by atoms with Gasteiger partial charge in [0.25, 0.3) is 6.01 Å². The Kier molecular flexibility index (Phi) is 4.72. The molecule has 8 nitrogen and oxygen atoms in total. The van der Waals surface area contributed by atoms with Gasteiger partial charge in [-0.25, -0.2) is 8.78 Å². The van der Waals surface area contributed by atoms with Crippen molar-refractivity contribution in [1.82, 2.24) is 15.0 Å². The average molecular weight is 466 g/mol. The molecule has 2 fully saturated rings. The second kappa shape index (κ2) is 7.51. The number of pyridine rings is 1. The first-order valence-electron chi connectivity index (χ1n) is 10.2. The summed E-state index contributed by atoms with van der Waals surface area (Å²) in [6, 6.07) is 3.97. The van der Waals surface area contributed by atoms with Gasteiger partial charge in [-0.1, -0.05) is 11.6 Å². The Labute approximate surface area is 185 Å². The molecule has 3 aromatic rings. The van der Waals surface area contributed by atoms with E-state index in [0.717, 1.165) is 6.07 Å². The van der Waals surface area contributed by atoms with Crippen molar-refractivity contribution < 1.29 is 32.8 Å². The second-order valence-corrected chi connectivity index (χ2v) is 8.52. The van der Waals surface area contributed by atoms with E-state index in [1.807, 2.05) is 0 Å². The summed E-state index contributed by atoms with van der Waals surface area (Å²) in [4.78, 5) is 11.7. The van der Waals surface area contributed by atoms with Crippen LogP contribution in [0.15, 0.2) is 18.2 Å². The monoisotopic (exact) mass is 465 g/mol. The van der Waals surface area contributed by atoms with Crippen LogP contribution in [0.5, 0.6) is 11.9 Å². The Morgan fingerprint density at radius 2 is 1.94 bits per heavy atom. The zero-order valence-electron chi connectivity index (χ0n) is 16.6. The number of benzene rings is 1. The number of hydrogen-bond donors (Lipinski definition) is 2. The van der Waals surface area contributed by atoms with Gasteiger partial charge >= 0.3 is 0 Å². The molecule has 168 valence electrons. The fourth-order valence-electron chi connectivity index (χ4n) is 4.60. The molecule has 5 atom stereocenters. The van der Waals surface area contributed by atoms with Crippen LogP contribution in [0, 0.1) is 11.6 Å². The van der Waals surface area contributed by atoms with Crippen LogP contribution < -0.4 is 9.47 Å². The predicted molar refractivity (Wildman–Crippen MR) is 107 cm³/mol. The number of hydrogen-bond acceptors (Lipinski definition) is 7. The second-order valence-electron chi connectivity index (χ2n) is 8.11. The Morgan fingerprint density at radius 1 is 1.09 bits per heavy atom. The molecule has 1 aliphatic carbocycles. The number of aromatic nitrogens is 3. The first kappa shape index (κ1) is 20.1. The molecular weight excluding hydrogens is 448 g/mol. The van der Waals surface area contributed by atoms with Crippen molar-refractivity contribution in [2.45, 2.75) is 43.4 Å². The van der Waals surface area contributed by atoms with E-state index < -0.39 is 36.1 Å². The molecule has 3 unspecified atom stereocenters. The molecular formula is C21H18ClF2N3O5. The van der Waals surface area contributed by atoms with E-state index in [0.29, 0.717) is 35.1 Å². The lowest BCUT2D eigenvalue weighted by atomic mass is 10.1. The minimum absolute atomic E-state index is 0.102. The lowest BCUT2D eigenvalue weighted by Gasteiger charge is -2.15. The lowest BCUT2D eigenvalue weighted by molar-refractivity contribution is 0.00706. The number of H-pyrrole nitrogens is 1. The van der Waals surface area contributed by atoms with Crippen LogP contribution in [0.3, 0.4) is 0 Å². The summed E-state index contributed by atoms with van der Waals surface area (Å²) in [6.45, 7) is 0.462. The van der Waals surface area contributed by atoms with Gasteiger partial charge in [-0.2, -0.15) is 9.97 Å². The molecule has 1 aromatic carbocycles. The molecule has 0 radical (unpaired) electrons. The van der Waals surface area contributed by atoms with Crippen LogP contribution in [-0.2, 0) is 15.9 Å². The minimum Gasteiger partial charge on any atom is -0.468 e. The van der Waals surface area contributed by atoms with Crippen LogP contribution in [0.1, 0.15) is 23.7 Å². The normalized spacial score (nSPS) is 28.8. The number of halogens is 3. The number of imidazole rings is 1. The molecule has 0 spiro atoms. The Morgan fingerprint density at radius 3 is 2.81 bits per heavy atom. The van der Waals surface area contributed by atoms with Crippen molar-refractivity contribution in [2.75, 3.05) is 13.2 Å². The van der Waals surface area contributed by atoms with Gasteiger partial charge in [0.15, 0.2) is 11.8 Å². The van der Waals surface area contributed by atoms with Gasteiger partial charge in [0.2, 0.25) is 5.88 Å². The summed E-state index contributed by atoms with van der Waals surface area (Å²) in [6.07, 6.45) is -1.54. The number of nitrogens with one attached hydrogen (secondary N) is 1. The molecule has 4 heterocycles. The van der Waals surface area contributed by atoms with Crippen molar-refractivity contribution in [3.05, 3.63) is 46.0 Å². The minimum atomic E-state index is -0.675. The van der Waals surface area contributed by atoms with Gasteiger partial charge in [-0.05, 0) is 30.5 Å². The predicted octanol–water partition coefficient (Wildman–Crippen LogP) is 2.86. The van der Waals surface area contributed by atoms with Crippen LogP contribution >= 0.6 is 11.6 Å². The number of nitrogens with zero attached hydrogens (tertiary/aromatic N) is 2. The quantitative estimate of drug-likeness (QED) is 0.611. The van der Waals surface area contributed by atoms with Gasteiger partial charge < -0.3 is 29.0 Å². The van der Waals surface area contributed by atoms with E-state index in [9.17, 15) is 13.9 Å². The molecule has 2 aromatic heterocycles. The number of aryl methyl sites for hydroxylation is 1. The number of aliphatic hydroxyl groups excluding tert-OH is 1. The van der Waals surface area contributed by atoms with Crippen molar-refractivity contribution in [2.24, 2.45) is 0 Å². The number of aliphatic hydroxyl groups is 1. The summed E-state index contributed by atoms with van der Waals surface area (Å²) in [5, 5.41) is 10.1. The third kappa shape index (κ3) is 3.29. The number of rotatable bonds is 4. The van der Waals surface area contributed by atoms with Gasteiger partial charge in [0, 0.05) is 11.6 Å². The maximum absolute atomic E-state index is 14.3. The number of aromatic amines is 1. The highest BCUT2D eigenvalue weighted by Gasteiger charge is 2.48. The maximum atomic E-state index is 14.3. The van der Waals surface area contributed by atoms with Crippen LogP contribution in [0.25, 0.3) is 11.2 Å². The summed E-state index contributed by atoms with van der Waals surface area (Å²) >= 11 is 6.34. The standard InChI is InChI=1S/C21H18ClF2N3O5/c22-10-5-12-19(27-21(25-12)32-15-7-30-17-13(28)6-29-18(15)17)26-20(10)31-14-2-1-8-3-9(23)4-11(24)16(8)14/h3-5,13-15,17-18,28H,1-2,6-7H2,(H,25,26,27)/t13-,14?,15-,17?,18?/m1/s1. The molecule has 6 rings (SSSR count). The highest BCUT2D eigenvalue weighted by molar-refractivity contribution is 6.32. The van der Waals surface area contributed by atoms with E-state index in [1.54, 1.807) is 6.07 Å². The molecule has 0 saturated carbocycles. The van der Waals surface area contributed by atoms with E-state index in [1.165, 1.54) is 6.07 Å². The molecule has 3 aliphatic rings. The maximum Gasteiger partial charge on any atom is 0.296 e. The van der Waals surface area contributed by atoms with Crippen LogP contribution in [-0.4, -0.2) is 57.7 Å². The smallest absolute Gasteiger partial charge is 0.296 e. The average Bonchev–Trinajstić information content (AvgIpc) is 3.49. The third-order valence-corrected chi connectivity index (χ3v) is 6.32. The number of ether oxygens (including phenoxy) is 4. The summed E-state index contributed by atoms with van der Waals surface area (Å²) in [5.41, 5.74) is 1.74. The molecule has 11 heteroatoms. The number of fused-ring (bicyclic) bond motifs is 3. The van der Waals surface area contributed by atoms with E-state index in [4.69, 9.17) is 30.5 Å². The van der Waals surface area contributed by atoms with Gasteiger partial charge in [0.05, 0.1) is 18.7 Å². The molecule has 0 amide bonds. The Bertz CT molecular complexity index is 1210. The Hall–Kier alpha value is -2.53. The zero-order valence-corrected chi connectivity index (χ0v) is 17.3. The van der Waals surface area contributed by atoms with E-state index >= 15 is 0 Å². The molecule has 0 bridgehead atoms. The van der Waals surface area contributed by atoms with Gasteiger partial charge in [-0.15, -0.1) is 0 Å². The summed E-state index contributed by atoms with van der Waals surface area (Å²) < 4.78 is 50.7. The van der Waals surface area contributed by atoms with E-state index in [2.05, 4.69) is 15.0 Å². The SMILES string of the molecule is O[C@@H]1COC2C1OC[C@H]2Oc1nc2nc(OC3CCc4cc(F)cc(F)c43)c(Cl)cc2[nH]1. The van der Waals surface area contributed by atoms with E-state index in [-0.39, 0.29) is 36.2 Å². The zero-order chi connectivity index (χ0) is 22.0. The molecule has 2 aliphatic heterocycles.